The molecule has 0 spiro atoms. The van der Waals surface area contributed by atoms with Crippen LogP contribution in [0.3, 0.4) is 0 Å². The van der Waals surface area contributed by atoms with Gasteiger partial charge in [0.25, 0.3) is 0 Å². The lowest BCUT2D eigenvalue weighted by Crippen LogP contribution is -2.28. The second kappa shape index (κ2) is 6.66. The minimum atomic E-state index is -3.42. The van der Waals surface area contributed by atoms with Crippen LogP contribution >= 0.6 is 0 Å². The van der Waals surface area contributed by atoms with E-state index in [2.05, 4.69) is 4.90 Å². The normalized spacial score (nSPS) is 17.6. The Morgan fingerprint density at radius 2 is 1.62 bits per heavy atom. The van der Waals surface area contributed by atoms with Gasteiger partial charge in [0.15, 0.2) is 0 Å². The molecule has 1 aliphatic rings. The zero-order valence-electron chi connectivity index (χ0n) is 12.9. The molecule has 1 aromatic rings. The van der Waals surface area contributed by atoms with Crippen molar-refractivity contribution >= 4 is 21.4 Å². The Balaban J connectivity index is 2.34. The van der Waals surface area contributed by atoms with Gasteiger partial charge < -0.3 is 10.6 Å². The highest BCUT2D eigenvalue weighted by atomic mass is 32.2. The molecule has 0 amide bonds. The van der Waals surface area contributed by atoms with Crippen LogP contribution in [0.25, 0.3) is 0 Å². The van der Waals surface area contributed by atoms with E-state index in [1.54, 1.807) is 32.3 Å². The first-order valence-electron chi connectivity index (χ1n) is 7.50. The molecule has 0 aliphatic carbocycles. The predicted octanol–water partition coefficient (Wildman–Crippen LogP) is 2.29. The number of hydrogen-bond donors (Lipinski definition) is 1. The molecule has 2 rings (SSSR count). The van der Waals surface area contributed by atoms with E-state index in [0.29, 0.717) is 10.6 Å². The zero-order valence-corrected chi connectivity index (χ0v) is 13.7. The van der Waals surface area contributed by atoms with Gasteiger partial charge in [0.1, 0.15) is 0 Å². The van der Waals surface area contributed by atoms with Gasteiger partial charge in [0.05, 0.1) is 16.3 Å². The maximum Gasteiger partial charge on any atom is 0.242 e. The van der Waals surface area contributed by atoms with E-state index in [1.165, 1.54) is 23.6 Å². The largest absolute Gasteiger partial charge is 0.397 e. The summed E-state index contributed by atoms with van der Waals surface area (Å²) in [7, 11) is -0.334. The molecule has 21 heavy (non-hydrogen) atoms. The molecule has 2 N–H and O–H groups in total. The SMILES string of the molecule is CN(C)S(=O)(=O)c1ccc(N)c(N2CCCCCCC2)c1. The first-order valence-corrected chi connectivity index (χ1v) is 8.94. The van der Waals surface area contributed by atoms with Crippen molar-refractivity contribution in [1.29, 1.82) is 0 Å². The quantitative estimate of drug-likeness (QED) is 0.870. The van der Waals surface area contributed by atoms with Crippen molar-refractivity contribution in [1.82, 2.24) is 4.31 Å². The van der Waals surface area contributed by atoms with Gasteiger partial charge in [0, 0.05) is 27.2 Å². The lowest BCUT2D eigenvalue weighted by Gasteiger charge is -2.28. The predicted molar refractivity (Wildman–Crippen MR) is 87.0 cm³/mol. The summed E-state index contributed by atoms with van der Waals surface area (Å²) in [5.41, 5.74) is 7.57. The fourth-order valence-corrected chi connectivity index (χ4v) is 3.58. The molecule has 1 saturated heterocycles. The third-order valence-corrected chi connectivity index (χ3v) is 5.79. The standard InChI is InChI=1S/C15H25N3O2S/c1-17(2)21(19,20)13-8-9-14(16)15(12-13)18-10-6-4-3-5-7-11-18/h8-9,12H,3-7,10-11,16H2,1-2H3. The number of hydrogen-bond acceptors (Lipinski definition) is 4. The Bertz CT molecular complexity index is 577. The Labute approximate surface area is 127 Å². The van der Waals surface area contributed by atoms with Gasteiger partial charge in [0.2, 0.25) is 10.0 Å². The van der Waals surface area contributed by atoms with Crippen LogP contribution in [-0.4, -0.2) is 39.9 Å². The lowest BCUT2D eigenvalue weighted by molar-refractivity contribution is 0.520. The Morgan fingerprint density at radius 3 is 2.19 bits per heavy atom. The van der Waals surface area contributed by atoms with Crippen LogP contribution in [0.1, 0.15) is 32.1 Å². The third kappa shape index (κ3) is 3.68. The lowest BCUT2D eigenvalue weighted by atomic mass is 10.1. The Kier molecular flexibility index (Phi) is 5.11. The molecule has 0 aromatic heterocycles. The second-order valence-corrected chi connectivity index (χ2v) is 7.91. The molecule has 6 heteroatoms. The van der Waals surface area contributed by atoms with E-state index in [0.717, 1.165) is 31.6 Å². The molecule has 1 aromatic carbocycles. The molecule has 0 bridgehead atoms. The first kappa shape index (κ1) is 16.1. The molecule has 1 fully saturated rings. The molecular formula is C15H25N3O2S. The summed E-state index contributed by atoms with van der Waals surface area (Å²) in [6, 6.07) is 5.00. The Morgan fingerprint density at radius 1 is 1.05 bits per heavy atom. The summed E-state index contributed by atoms with van der Waals surface area (Å²) >= 11 is 0. The van der Waals surface area contributed by atoms with E-state index in [-0.39, 0.29) is 0 Å². The summed E-state index contributed by atoms with van der Waals surface area (Å²) in [5, 5.41) is 0. The van der Waals surface area contributed by atoms with Gasteiger partial charge in [-0.3, -0.25) is 0 Å². The van der Waals surface area contributed by atoms with Crippen molar-refractivity contribution in [3.05, 3.63) is 18.2 Å². The number of nitrogen functional groups attached to an aromatic ring is 1. The average molecular weight is 311 g/mol. The van der Waals surface area contributed by atoms with Crippen LogP contribution in [0.4, 0.5) is 11.4 Å². The van der Waals surface area contributed by atoms with Crippen molar-refractivity contribution in [3.8, 4) is 0 Å². The van der Waals surface area contributed by atoms with Crippen molar-refractivity contribution < 1.29 is 8.42 Å². The average Bonchev–Trinajstić information content (AvgIpc) is 2.39. The second-order valence-electron chi connectivity index (χ2n) is 5.76. The van der Waals surface area contributed by atoms with Gasteiger partial charge in [-0.1, -0.05) is 19.3 Å². The van der Waals surface area contributed by atoms with Gasteiger partial charge in [-0.15, -0.1) is 0 Å². The molecule has 0 saturated carbocycles. The number of anilines is 2. The number of benzene rings is 1. The molecule has 118 valence electrons. The van der Waals surface area contributed by atoms with Gasteiger partial charge in [-0.25, -0.2) is 12.7 Å². The monoisotopic (exact) mass is 311 g/mol. The van der Waals surface area contributed by atoms with Crippen LogP contribution in [-0.2, 0) is 10.0 Å². The molecule has 0 radical (unpaired) electrons. The highest BCUT2D eigenvalue weighted by molar-refractivity contribution is 7.89. The van der Waals surface area contributed by atoms with Gasteiger partial charge >= 0.3 is 0 Å². The maximum absolute atomic E-state index is 12.3. The fraction of sp³-hybridized carbons (Fsp3) is 0.600. The van der Waals surface area contributed by atoms with Crippen LogP contribution in [0, 0.1) is 0 Å². The van der Waals surface area contributed by atoms with E-state index in [1.807, 2.05) is 0 Å². The number of nitrogens with two attached hydrogens (primary N) is 1. The van der Waals surface area contributed by atoms with Crippen LogP contribution < -0.4 is 10.6 Å². The van der Waals surface area contributed by atoms with E-state index >= 15 is 0 Å². The zero-order chi connectivity index (χ0) is 15.5. The summed E-state index contributed by atoms with van der Waals surface area (Å²) in [5.74, 6) is 0. The van der Waals surface area contributed by atoms with Crippen molar-refractivity contribution in [3.63, 3.8) is 0 Å². The third-order valence-electron chi connectivity index (χ3n) is 3.98. The van der Waals surface area contributed by atoms with Crippen molar-refractivity contribution in [2.45, 2.75) is 37.0 Å². The van der Waals surface area contributed by atoms with Crippen LogP contribution in [0.15, 0.2) is 23.1 Å². The number of sulfonamides is 1. The highest BCUT2D eigenvalue weighted by Crippen LogP contribution is 2.29. The van der Waals surface area contributed by atoms with Gasteiger partial charge in [-0.2, -0.15) is 0 Å². The number of rotatable bonds is 3. The molecule has 0 unspecified atom stereocenters. The fourth-order valence-electron chi connectivity index (χ4n) is 2.66. The molecule has 5 nitrogen and oxygen atoms in total. The van der Waals surface area contributed by atoms with Crippen molar-refractivity contribution in [2.24, 2.45) is 0 Å². The summed E-state index contributed by atoms with van der Waals surface area (Å²) < 4.78 is 25.8. The highest BCUT2D eigenvalue weighted by Gasteiger charge is 2.20. The Hall–Kier alpha value is -1.27. The van der Waals surface area contributed by atoms with E-state index < -0.39 is 10.0 Å². The maximum atomic E-state index is 12.3. The molecule has 1 heterocycles. The molecule has 0 atom stereocenters. The van der Waals surface area contributed by atoms with E-state index in [4.69, 9.17) is 5.73 Å². The summed E-state index contributed by atoms with van der Waals surface area (Å²) in [6.07, 6.45) is 6.00. The summed E-state index contributed by atoms with van der Waals surface area (Å²) in [6.45, 7) is 1.88. The minimum Gasteiger partial charge on any atom is -0.397 e. The number of nitrogens with zero attached hydrogens (tertiary/aromatic N) is 2. The molecule has 1 aliphatic heterocycles. The van der Waals surface area contributed by atoms with Crippen molar-refractivity contribution in [2.75, 3.05) is 37.8 Å². The van der Waals surface area contributed by atoms with Crippen LogP contribution in [0.2, 0.25) is 0 Å². The van der Waals surface area contributed by atoms with E-state index in [9.17, 15) is 8.42 Å². The topological polar surface area (TPSA) is 66.6 Å². The van der Waals surface area contributed by atoms with Crippen LogP contribution in [0.5, 0.6) is 0 Å². The smallest absolute Gasteiger partial charge is 0.242 e. The summed E-state index contributed by atoms with van der Waals surface area (Å²) in [4.78, 5) is 2.53. The first-order chi connectivity index (χ1) is 9.93. The van der Waals surface area contributed by atoms with Gasteiger partial charge in [-0.05, 0) is 31.0 Å². The minimum absolute atomic E-state index is 0.304. The molecular weight excluding hydrogens is 286 g/mol.